The van der Waals surface area contributed by atoms with Crippen molar-refractivity contribution in [1.29, 1.82) is 0 Å². The van der Waals surface area contributed by atoms with Crippen molar-refractivity contribution in [2.24, 2.45) is 0 Å². The number of aliphatic hydroxyl groups is 2. The summed E-state index contributed by atoms with van der Waals surface area (Å²) in [6.07, 6.45) is 0.729. The number of anilines is 1. The Bertz CT molecular complexity index is 1400. The molecule has 3 aromatic heterocycles. The summed E-state index contributed by atoms with van der Waals surface area (Å²) in [5, 5.41) is 24.2. The molecule has 1 saturated heterocycles. The molecule has 5 atom stereocenters. The van der Waals surface area contributed by atoms with E-state index < -0.39 is 30.1 Å². The van der Waals surface area contributed by atoms with Crippen LogP contribution in [0.25, 0.3) is 21.9 Å². The molecule has 6 rings (SSSR count). The lowest BCUT2D eigenvalue weighted by Gasteiger charge is -2.26. The van der Waals surface area contributed by atoms with Gasteiger partial charge in [-0.2, -0.15) is 0 Å². The third kappa shape index (κ3) is 3.20. The summed E-state index contributed by atoms with van der Waals surface area (Å²) < 4.78 is 14.8. The highest BCUT2D eigenvalue weighted by Crippen LogP contribution is 2.48. The summed E-state index contributed by atoms with van der Waals surface area (Å²) in [5.74, 6) is 0.973. The first-order valence-electron chi connectivity index (χ1n) is 10.4. The molecule has 0 spiro atoms. The number of fused-ring (bicyclic) bond motifs is 3. The van der Waals surface area contributed by atoms with Gasteiger partial charge in [0.2, 0.25) is 0 Å². The van der Waals surface area contributed by atoms with Gasteiger partial charge in [-0.3, -0.25) is 0 Å². The van der Waals surface area contributed by atoms with E-state index in [1.165, 1.54) is 6.33 Å². The SMILES string of the molecule is Nc1nc2cc(O[C@H]3CC[C@]4(O)C(O)[C@H](n5ccc6c(Cl)ncnc65)O[C@H]34)ccc2cc1Br. The number of benzene rings is 1. The number of nitrogen functional groups attached to an aromatic ring is 1. The molecule has 4 aromatic rings. The van der Waals surface area contributed by atoms with Crippen molar-refractivity contribution in [1.82, 2.24) is 19.5 Å². The zero-order chi connectivity index (χ0) is 22.9. The van der Waals surface area contributed by atoms with Gasteiger partial charge in [-0.25, -0.2) is 15.0 Å². The molecule has 9 nitrogen and oxygen atoms in total. The van der Waals surface area contributed by atoms with Gasteiger partial charge in [0.05, 0.1) is 15.4 Å². The standard InChI is InChI=1S/C22H19BrClN5O4/c23-13-7-10-1-2-11(8-14(10)28-19(13)25)32-15-3-5-22(31)16(30)21(33-17(15)22)29-6-4-12-18(24)26-9-27-20(12)29/h1-2,4,6-9,15-17,21,30-31H,3,5H2,(H2,25,28)/t15-,16?,17+,21+,22-/m0/s1. The highest BCUT2D eigenvalue weighted by molar-refractivity contribution is 9.10. The number of nitrogens with two attached hydrogens (primary N) is 1. The monoisotopic (exact) mass is 531 g/mol. The van der Waals surface area contributed by atoms with Crippen LogP contribution in [-0.2, 0) is 4.74 Å². The lowest BCUT2D eigenvalue weighted by atomic mass is 9.94. The summed E-state index contributed by atoms with van der Waals surface area (Å²) in [5.41, 5.74) is 5.68. The van der Waals surface area contributed by atoms with Crippen molar-refractivity contribution in [3.63, 3.8) is 0 Å². The van der Waals surface area contributed by atoms with Crippen LogP contribution >= 0.6 is 27.5 Å². The van der Waals surface area contributed by atoms with Crippen molar-refractivity contribution >= 4 is 55.3 Å². The molecule has 1 saturated carbocycles. The van der Waals surface area contributed by atoms with Crippen LogP contribution in [0.1, 0.15) is 19.1 Å². The predicted molar refractivity (Wildman–Crippen MR) is 125 cm³/mol. The molecule has 170 valence electrons. The van der Waals surface area contributed by atoms with Gasteiger partial charge >= 0.3 is 0 Å². The van der Waals surface area contributed by atoms with Gasteiger partial charge < -0.3 is 30.0 Å². The van der Waals surface area contributed by atoms with Crippen LogP contribution in [-0.4, -0.2) is 53.6 Å². The maximum atomic E-state index is 11.3. The van der Waals surface area contributed by atoms with E-state index in [0.717, 1.165) is 9.86 Å². The van der Waals surface area contributed by atoms with Crippen molar-refractivity contribution in [3.8, 4) is 5.75 Å². The number of nitrogens with zero attached hydrogens (tertiary/aromatic N) is 4. The average Bonchev–Trinajstić information content (AvgIpc) is 3.42. The van der Waals surface area contributed by atoms with Gasteiger partial charge in [0.1, 0.15) is 52.6 Å². The van der Waals surface area contributed by atoms with E-state index in [9.17, 15) is 10.2 Å². The summed E-state index contributed by atoms with van der Waals surface area (Å²) in [7, 11) is 0. The van der Waals surface area contributed by atoms with E-state index in [-0.39, 0.29) is 0 Å². The number of hydrogen-bond donors (Lipinski definition) is 3. The topological polar surface area (TPSA) is 129 Å². The lowest BCUT2D eigenvalue weighted by Crippen LogP contribution is -2.47. The fourth-order valence-corrected chi connectivity index (χ4v) is 5.38. The minimum absolute atomic E-state index is 0.309. The maximum absolute atomic E-state index is 11.3. The quantitative estimate of drug-likeness (QED) is 0.343. The molecule has 2 aliphatic rings. The Morgan fingerprint density at radius 3 is 2.97 bits per heavy atom. The second-order valence-corrected chi connectivity index (χ2v) is 9.63. The Hall–Kier alpha value is -2.50. The Morgan fingerprint density at radius 2 is 2.12 bits per heavy atom. The van der Waals surface area contributed by atoms with E-state index in [1.54, 1.807) is 22.9 Å². The zero-order valence-corrected chi connectivity index (χ0v) is 19.4. The number of halogens is 2. The average molecular weight is 533 g/mol. The van der Waals surface area contributed by atoms with Crippen LogP contribution in [0.15, 0.2) is 47.3 Å². The highest BCUT2D eigenvalue weighted by Gasteiger charge is 2.62. The fraction of sp³-hybridized carbons (Fsp3) is 0.318. The molecule has 4 heterocycles. The molecular formula is C22H19BrClN5O4. The fourth-order valence-electron chi connectivity index (χ4n) is 4.85. The summed E-state index contributed by atoms with van der Waals surface area (Å²) in [4.78, 5) is 12.6. The minimum Gasteiger partial charge on any atom is -0.488 e. The van der Waals surface area contributed by atoms with Gasteiger partial charge in [0.15, 0.2) is 6.23 Å². The Kier molecular flexibility index (Phi) is 4.79. The van der Waals surface area contributed by atoms with E-state index in [4.69, 9.17) is 26.8 Å². The number of hydrogen-bond acceptors (Lipinski definition) is 8. The van der Waals surface area contributed by atoms with Crippen LogP contribution in [0.3, 0.4) is 0 Å². The maximum Gasteiger partial charge on any atom is 0.164 e. The molecule has 1 aromatic carbocycles. The normalized spacial score (nSPS) is 29.1. The first-order valence-corrected chi connectivity index (χ1v) is 11.6. The van der Waals surface area contributed by atoms with Crippen LogP contribution in [0.2, 0.25) is 5.15 Å². The Morgan fingerprint density at radius 1 is 1.27 bits per heavy atom. The second-order valence-electron chi connectivity index (χ2n) is 8.41. The molecule has 11 heteroatoms. The molecule has 0 amide bonds. The van der Waals surface area contributed by atoms with Crippen LogP contribution in [0.5, 0.6) is 5.75 Å². The molecule has 0 bridgehead atoms. The number of aromatic nitrogens is 4. The number of pyridine rings is 1. The Balaban J connectivity index is 1.29. The first kappa shape index (κ1) is 21.1. The van der Waals surface area contributed by atoms with Crippen LogP contribution < -0.4 is 10.5 Å². The van der Waals surface area contributed by atoms with E-state index in [1.807, 2.05) is 18.2 Å². The van der Waals surface area contributed by atoms with E-state index in [0.29, 0.717) is 46.1 Å². The number of rotatable bonds is 3. The van der Waals surface area contributed by atoms with Gasteiger partial charge in [0.25, 0.3) is 0 Å². The molecule has 33 heavy (non-hydrogen) atoms. The van der Waals surface area contributed by atoms with Crippen molar-refractivity contribution in [2.75, 3.05) is 5.73 Å². The molecule has 4 N–H and O–H groups in total. The van der Waals surface area contributed by atoms with Crippen molar-refractivity contribution in [3.05, 3.63) is 52.5 Å². The largest absolute Gasteiger partial charge is 0.488 e. The number of ether oxygens (including phenoxy) is 2. The van der Waals surface area contributed by atoms with Crippen molar-refractivity contribution < 1.29 is 19.7 Å². The molecule has 2 fully saturated rings. The highest BCUT2D eigenvalue weighted by atomic mass is 79.9. The molecule has 1 aliphatic carbocycles. The third-order valence-electron chi connectivity index (χ3n) is 6.52. The molecule has 0 radical (unpaired) electrons. The van der Waals surface area contributed by atoms with Crippen LogP contribution in [0, 0.1) is 0 Å². The van der Waals surface area contributed by atoms with Gasteiger partial charge in [-0.1, -0.05) is 11.6 Å². The van der Waals surface area contributed by atoms with Crippen molar-refractivity contribution in [2.45, 2.75) is 43.0 Å². The van der Waals surface area contributed by atoms with Gasteiger partial charge in [-0.15, -0.1) is 0 Å². The second kappa shape index (κ2) is 7.51. The van der Waals surface area contributed by atoms with Crippen LogP contribution in [0.4, 0.5) is 5.82 Å². The number of aliphatic hydroxyl groups excluding tert-OH is 1. The first-order chi connectivity index (χ1) is 15.8. The molecule has 1 aliphatic heterocycles. The smallest absolute Gasteiger partial charge is 0.164 e. The summed E-state index contributed by atoms with van der Waals surface area (Å²) >= 11 is 9.54. The van der Waals surface area contributed by atoms with E-state index in [2.05, 4.69) is 30.9 Å². The third-order valence-corrected chi connectivity index (χ3v) is 7.46. The zero-order valence-electron chi connectivity index (χ0n) is 17.1. The summed E-state index contributed by atoms with van der Waals surface area (Å²) in [6.45, 7) is 0. The molecular weight excluding hydrogens is 514 g/mol. The molecule has 1 unspecified atom stereocenters. The lowest BCUT2D eigenvalue weighted by molar-refractivity contribution is -0.0791. The van der Waals surface area contributed by atoms with Gasteiger partial charge in [0, 0.05) is 17.6 Å². The van der Waals surface area contributed by atoms with Gasteiger partial charge in [-0.05, 0) is 53.0 Å². The Labute approximate surface area is 201 Å². The predicted octanol–water partition coefficient (Wildman–Crippen LogP) is 3.21. The minimum atomic E-state index is -1.45. The van der Waals surface area contributed by atoms with E-state index >= 15 is 0 Å². The summed E-state index contributed by atoms with van der Waals surface area (Å²) in [6, 6.07) is 9.19.